The van der Waals surface area contributed by atoms with E-state index in [4.69, 9.17) is 0 Å². The van der Waals surface area contributed by atoms with Crippen LogP contribution in [0.5, 0.6) is 0 Å². The van der Waals surface area contributed by atoms with Gasteiger partial charge in [-0.15, -0.1) is 0 Å². The first-order chi connectivity index (χ1) is 11.0. The Morgan fingerprint density at radius 2 is 1.92 bits per heavy atom. The number of nitrogens with zero attached hydrogens (tertiary/aromatic N) is 1. The van der Waals surface area contributed by atoms with E-state index in [1.165, 1.54) is 12.2 Å². The fourth-order valence-corrected chi connectivity index (χ4v) is 2.12. The quantitative estimate of drug-likeness (QED) is 0.617. The van der Waals surface area contributed by atoms with Crippen LogP contribution in [0.25, 0.3) is 0 Å². The van der Waals surface area contributed by atoms with Crippen LogP contribution in [-0.2, 0) is 9.59 Å². The van der Waals surface area contributed by atoms with Gasteiger partial charge in [0.05, 0.1) is 0 Å². The second kappa shape index (κ2) is 7.49. The van der Waals surface area contributed by atoms with E-state index in [1.54, 1.807) is 5.32 Å². The number of nitrogens with one attached hydrogen (secondary N) is 3. The Kier molecular flexibility index (Phi) is 6.16. The molecule has 1 fully saturated rings. The standard InChI is InChI=1S/C13H19F3N4O4/c1-3-4-5-12(2)9(22)20(11(24)19-12)6-8(21)18-10(23)17-7-13(14,15)16/h3-7H2,1-2H3,(H,19,24)(H2,17,18,21,23)/t12-/m0/s1. The highest BCUT2D eigenvalue weighted by molar-refractivity contribution is 6.09. The van der Waals surface area contributed by atoms with Gasteiger partial charge < -0.3 is 10.6 Å². The highest BCUT2D eigenvalue weighted by atomic mass is 19.4. The van der Waals surface area contributed by atoms with Crippen molar-refractivity contribution in [2.24, 2.45) is 0 Å². The molecule has 0 aliphatic carbocycles. The Bertz CT molecular complexity index is 538. The molecule has 136 valence electrons. The summed E-state index contributed by atoms with van der Waals surface area (Å²) >= 11 is 0. The van der Waals surface area contributed by atoms with Gasteiger partial charge in [0, 0.05) is 0 Å². The van der Waals surface area contributed by atoms with Gasteiger partial charge in [-0.3, -0.25) is 19.8 Å². The number of carbonyl (C=O) groups is 4. The molecule has 11 heteroatoms. The molecule has 0 spiro atoms. The van der Waals surface area contributed by atoms with E-state index in [-0.39, 0.29) is 0 Å². The number of imide groups is 2. The van der Waals surface area contributed by atoms with Gasteiger partial charge in [0.25, 0.3) is 5.91 Å². The first-order valence-corrected chi connectivity index (χ1v) is 7.27. The summed E-state index contributed by atoms with van der Waals surface area (Å²) in [6.07, 6.45) is -2.74. The summed E-state index contributed by atoms with van der Waals surface area (Å²) in [5.74, 6) is -1.69. The van der Waals surface area contributed by atoms with Crippen LogP contribution in [0.4, 0.5) is 22.8 Å². The zero-order valence-corrected chi connectivity index (χ0v) is 13.2. The van der Waals surface area contributed by atoms with Crippen molar-refractivity contribution in [1.82, 2.24) is 20.9 Å². The van der Waals surface area contributed by atoms with Gasteiger partial charge in [-0.25, -0.2) is 9.59 Å². The summed E-state index contributed by atoms with van der Waals surface area (Å²) in [6.45, 7) is 1.07. The molecule has 8 nitrogen and oxygen atoms in total. The number of hydrogen-bond donors (Lipinski definition) is 3. The van der Waals surface area contributed by atoms with Crippen LogP contribution in [-0.4, -0.2) is 53.6 Å². The zero-order valence-electron chi connectivity index (χ0n) is 13.2. The molecule has 1 saturated heterocycles. The van der Waals surface area contributed by atoms with E-state index in [1.807, 2.05) is 6.92 Å². The molecule has 0 unspecified atom stereocenters. The number of hydrogen-bond acceptors (Lipinski definition) is 4. The maximum atomic E-state index is 12.2. The number of halogens is 3. The lowest BCUT2D eigenvalue weighted by atomic mass is 9.95. The summed E-state index contributed by atoms with van der Waals surface area (Å²) in [5.41, 5.74) is -1.13. The summed E-state index contributed by atoms with van der Waals surface area (Å²) in [6, 6.07) is -2.15. The number of amides is 6. The van der Waals surface area contributed by atoms with Crippen molar-refractivity contribution < 1.29 is 32.3 Å². The lowest BCUT2D eigenvalue weighted by Crippen LogP contribution is -2.48. The molecule has 3 N–H and O–H groups in total. The van der Waals surface area contributed by atoms with Crippen LogP contribution >= 0.6 is 0 Å². The minimum Gasteiger partial charge on any atom is -0.329 e. The van der Waals surface area contributed by atoms with Gasteiger partial charge in [0.1, 0.15) is 18.6 Å². The molecule has 0 bridgehead atoms. The molecule has 1 atom stereocenters. The van der Waals surface area contributed by atoms with E-state index in [9.17, 15) is 32.3 Å². The van der Waals surface area contributed by atoms with Crippen molar-refractivity contribution in [2.75, 3.05) is 13.1 Å². The number of urea groups is 2. The molecule has 1 aliphatic heterocycles. The molecular weight excluding hydrogens is 333 g/mol. The average Bonchev–Trinajstić information content (AvgIpc) is 2.66. The molecule has 0 aromatic rings. The van der Waals surface area contributed by atoms with E-state index >= 15 is 0 Å². The van der Waals surface area contributed by atoms with Crippen LogP contribution < -0.4 is 16.0 Å². The van der Waals surface area contributed by atoms with Gasteiger partial charge in [-0.2, -0.15) is 13.2 Å². The van der Waals surface area contributed by atoms with E-state index in [2.05, 4.69) is 5.32 Å². The summed E-state index contributed by atoms with van der Waals surface area (Å²) in [5, 5.41) is 5.55. The second-order valence-corrected chi connectivity index (χ2v) is 5.60. The Balaban J connectivity index is 2.56. The van der Waals surface area contributed by atoms with Crippen molar-refractivity contribution in [3.8, 4) is 0 Å². The predicted molar refractivity (Wildman–Crippen MR) is 75.8 cm³/mol. The Morgan fingerprint density at radius 3 is 2.46 bits per heavy atom. The Morgan fingerprint density at radius 1 is 1.29 bits per heavy atom. The van der Waals surface area contributed by atoms with Crippen LogP contribution in [0.1, 0.15) is 33.1 Å². The summed E-state index contributed by atoms with van der Waals surface area (Å²) < 4.78 is 35.8. The SMILES string of the molecule is CCCC[C@]1(C)NC(=O)N(CC(=O)NC(=O)NCC(F)(F)F)C1=O. The molecule has 0 aromatic heterocycles. The minimum absolute atomic E-state index is 0.387. The van der Waals surface area contributed by atoms with Crippen molar-refractivity contribution in [2.45, 2.75) is 44.8 Å². The van der Waals surface area contributed by atoms with Gasteiger partial charge in [-0.05, 0) is 13.3 Å². The van der Waals surface area contributed by atoms with Crippen molar-refractivity contribution in [1.29, 1.82) is 0 Å². The molecule has 0 radical (unpaired) electrons. The Hall–Kier alpha value is -2.33. The maximum absolute atomic E-state index is 12.2. The zero-order chi connectivity index (χ0) is 18.5. The largest absolute Gasteiger partial charge is 0.405 e. The van der Waals surface area contributed by atoms with Crippen LogP contribution in [0.15, 0.2) is 0 Å². The minimum atomic E-state index is -4.62. The lowest BCUT2D eigenvalue weighted by Gasteiger charge is -2.21. The molecule has 0 saturated carbocycles. The number of unbranched alkanes of at least 4 members (excludes halogenated alkanes) is 1. The second-order valence-electron chi connectivity index (χ2n) is 5.60. The predicted octanol–water partition coefficient (Wildman–Crippen LogP) is 0.875. The van der Waals surface area contributed by atoms with Crippen molar-refractivity contribution in [3.05, 3.63) is 0 Å². The van der Waals surface area contributed by atoms with Crippen LogP contribution in [0.2, 0.25) is 0 Å². The van der Waals surface area contributed by atoms with E-state index in [0.717, 1.165) is 6.42 Å². The Labute approximate surface area is 136 Å². The van der Waals surface area contributed by atoms with Gasteiger partial charge in [0.15, 0.2) is 0 Å². The molecular formula is C13H19F3N4O4. The maximum Gasteiger partial charge on any atom is 0.405 e. The molecule has 1 rings (SSSR count). The van der Waals surface area contributed by atoms with Gasteiger partial charge in [0.2, 0.25) is 5.91 Å². The first-order valence-electron chi connectivity index (χ1n) is 7.27. The number of carbonyl (C=O) groups excluding carboxylic acids is 4. The topological polar surface area (TPSA) is 108 Å². The summed E-state index contributed by atoms with van der Waals surface area (Å²) in [4.78, 5) is 47.5. The molecule has 1 aliphatic rings. The van der Waals surface area contributed by atoms with Gasteiger partial charge >= 0.3 is 18.2 Å². The summed E-state index contributed by atoms with van der Waals surface area (Å²) in [7, 11) is 0. The molecule has 1 heterocycles. The molecule has 24 heavy (non-hydrogen) atoms. The van der Waals surface area contributed by atoms with Gasteiger partial charge in [-0.1, -0.05) is 19.8 Å². The highest BCUT2D eigenvalue weighted by Gasteiger charge is 2.47. The monoisotopic (exact) mass is 352 g/mol. The van der Waals surface area contributed by atoms with E-state index < -0.39 is 48.7 Å². The third-order valence-electron chi connectivity index (χ3n) is 3.38. The highest BCUT2D eigenvalue weighted by Crippen LogP contribution is 2.23. The van der Waals surface area contributed by atoms with Crippen molar-refractivity contribution in [3.63, 3.8) is 0 Å². The third kappa shape index (κ3) is 5.39. The third-order valence-corrected chi connectivity index (χ3v) is 3.38. The van der Waals surface area contributed by atoms with Crippen LogP contribution in [0.3, 0.4) is 0 Å². The smallest absolute Gasteiger partial charge is 0.329 e. The molecule has 6 amide bonds. The average molecular weight is 352 g/mol. The van der Waals surface area contributed by atoms with E-state index in [0.29, 0.717) is 17.7 Å². The normalized spacial score (nSPS) is 20.8. The fourth-order valence-electron chi connectivity index (χ4n) is 2.12. The first kappa shape index (κ1) is 19.7. The molecule has 0 aromatic carbocycles. The number of alkyl halides is 3. The van der Waals surface area contributed by atoms with Crippen molar-refractivity contribution >= 4 is 23.9 Å². The number of rotatable bonds is 6. The van der Waals surface area contributed by atoms with Crippen LogP contribution in [0, 0.1) is 0 Å². The lowest BCUT2D eigenvalue weighted by molar-refractivity contribution is -0.134. The fraction of sp³-hybridized carbons (Fsp3) is 0.692.